The quantitative estimate of drug-likeness (QED) is 0.744. The zero-order chi connectivity index (χ0) is 16.2. The number of furan rings is 1. The van der Waals surface area contributed by atoms with E-state index in [9.17, 15) is 9.90 Å². The van der Waals surface area contributed by atoms with Gasteiger partial charge in [0.2, 0.25) is 5.91 Å². The van der Waals surface area contributed by atoms with Gasteiger partial charge in [-0.25, -0.2) is 0 Å². The van der Waals surface area contributed by atoms with Crippen LogP contribution in [0.1, 0.15) is 37.1 Å². The van der Waals surface area contributed by atoms with Gasteiger partial charge < -0.3 is 14.8 Å². The first-order valence-electron chi connectivity index (χ1n) is 7.74. The van der Waals surface area contributed by atoms with Gasteiger partial charge in [-0.3, -0.25) is 4.79 Å². The Morgan fingerprint density at radius 1 is 1.17 bits per heavy atom. The van der Waals surface area contributed by atoms with Gasteiger partial charge in [-0.1, -0.05) is 37.3 Å². The SMILES string of the molecule is CCCC(=O)N[C@H](c1ccco1)c1c(O)ccc2ccccc12. The Labute approximate surface area is 134 Å². The molecule has 3 rings (SSSR count). The van der Waals surface area contributed by atoms with Crippen LogP contribution in [-0.4, -0.2) is 11.0 Å². The summed E-state index contributed by atoms with van der Waals surface area (Å²) < 4.78 is 5.51. The lowest BCUT2D eigenvalue weighted by molar-refractivity contribution is -0.121. The molecule has 4 heteroatoms. The van der Waals surface area contributed by atoms with Crippen LogP contribution in [0.4, 0.5) is 0 Å². The molecule has 0 aliphatic carbocycles. The number of carbonyl (C=O) groups is 1. The molecule has 0 radical (unpaired) electrons. The number of amides is 1. The van der Waals surface area contributed by atoms with E-state index in [1.807, 2.05) is 37.3 Å². The predicted octanol–water partition coefficient (Wildman–Crippen LogP) is 4.14. The molecule has 1 atom stereocenters. The Kier molecular flexibility index (Phi) is 4.33. The average molecular weight is 309 g/mol. The highest BCUT2D eigenvalue weighted by molar-refractivity contribution is 5.89. The first-order valence-corrected chi connectivity index (χ1v) is 7.74. The fourth-order valence-corrected chi connectivity index (χ4v) is 2.79. The van der Waals surface area contributed by atoms with Gasteiger partial charge in [0.25, 0.3) is 0 Å². The summed E-state index contributed by atoms with van der Waals surface area (Å²) in [6.07, 6.45) is 2.76. The molecule has 0 saturated carbocycles. The van der Waals surface area contributed by atoms with Gasteiger partial charge in [-0.15, -0.1) is 0 Å². The number of rotatable bonds is 5. The second-order valence-electron chi connectivity index (χ2n) is 5.49. The van der Waals surface area contributed by atoms with Crippen molar-refractivity contribution in [3.05, 3.63) is 66.1 Å². The van der Waals surface area contributed by atoms with Crippen LogP contribution in [-0.2, 0) is 4.79 Å². The summed E-state index contributed by atoms with van der Waals surface area (Å²) in [5.41, 5.74) is 0.655. The fraction of sp³-hybridized carbons (Fsp3) is 0.211. The van der Waals surface area contributed by atoms with E-state index >= 15 is 0 Å². The van der Waals surface area contributed by atoms with E-state index in [1.54, 1.807) is 24.5 Å². The molecule has 3 aromatic rings. The lowest BCUT2D eigenvalue weighted by Crippen LogP contribution is -2.29. The smallest absolute Gasteiger partial charge is 0.220 e. The number of phenolic OH excluding ortho intramolecular Hbond substituents is 1. The fourth-order valence-electron chi connectivity index (χ4n) is 2.79. The molecule has 2 N–H and O–H groups in total. The molecule has 1 heterocycles. The van der Waals surface area contributed by atoms with E-state index in [0.717, 1.165) is 17.2 Å². The Hall–Kier alpha value is -2.75. The molecule has 118 valence electrons. The number of nitrogens with one attached hydrogen (secondary N) is 1. The first-order chi connectivity index (χ1) is 11.2. The standard InChI is InChI=1S/C19H19NO3/c1-2-6-17(22)20-19(16-9-5-12-23-16)18-14-8-4-3-7-13(14)10-11-15(18)21/h3-5,7-12,19,21H,2,6H2,1H3,(H,20,22)/t19-/m1/s1. The van der Waals surface area contributed by atoms with Gasteiger partial charge in [0.1, 0.15) is 17.6 Å². The number of hydrogen-bond donors (Lipinski definition) is 2. The normalized spacial score (nSPS) is 12.2. The second-order valence-corrected chi connectivity index (χ2v) is 5.49. The monoisotopic (exact) mass is 309 g/mol. The van der Waals surface area contributed by atoms with Gasteiger partial charge in [0.05, 0.1) is 6.26 Å². The first kappa shape index (κ1) is 15.2. The van der Waals surface area contributed by atoms with Gasteiger partial charge in [-0.05, 0) is 35.4 Å². The lowest BCUT2D eigenvalue weighted by Gasteiger charge is -2.20. The molecule has 4 nitrogen and oxygen atoms in total. The van der Waals surface area contributed by atoms with Crippen LogP contribution >= 0.6 is 0 Å². The zero-order valence-electron chi connectivity index (χ0n) is 13.0. The van der Waals surface area contributed by atoms with Gasteiger partial charge in [0, 0.05) is 12.0 Å². The molecular formula is C19H19NO3. The molecule has 0 aliphatic rings. The number of benzene rings is 2. The van der Waals surface area contributed by atoms with Gasteiger partial charge >= 0.3 is 0 Å². The highest BCUT2D eigenvalue weighted by atomic mass is 16.3. The Morgan fingerprint density at radius 2 is 2.00 bits per heavy atom. The van der Waals surface area contributed by atoms with Crippen molar-refractivity contribution in [1.82, 2.24) is 5.32 Å². The summed E-state index contributed by atoms with van der Waals surface area (Å²) in [6.45, 7) is 1.96. The molecule has 23 heavy (non-hydrogen) atoms. The molecular weight excluding hydrogens is 290 g/mol. The Balaban J connectivity index is 2.13. The van der Waals surface area contributed by atoms with E-state index in [1.165, 1.54) is 0 Å². The molecule has 0 unspecified atom stereocenters. The van der Waals surface area contributed by atoms with Crippen molar-refractivity contribution < 1.29 is 14.3 Å². The number of aromatic hydroxyl groups is 1. The second kappa shape index (κ2) is 6.57. The summed E-state index contributed by atoms with van der Waals surface area (Å²) in [7, 11) is 0. The van der Waals surface area contributed by atoms with Crippen molar-refractivity contribution in [1.29, 1.82) is 0 Å². The van der Waals surface area contributed by atoms with Crippen LogP contribution in [0.15, 0.2) is 59.2 Å². The highest BCUT2D eigenvalue weighted by Crippen LogP contribution is 2.36. The van der Waals surface area contributed by atoms with Crippen LogP contribution in [0.5, 0.6) is 5.75 Å². The van der Waals surface area contributed by atoms with Crippen molar-refractivity contribution in [2.75, 3.05) is 0 Å². The summed E-state index contributed by atoms with van der Waals surface area (Å²) in [4.78, 5) is 12.1. The molecule has 0 spiro atoms. The van der Waals surface area contributed by atoms with Gasteiger partial charge in [0.15, 0.2) is 0 Å². The van der Waals surface area contributed by atoms with Crippen molar-refractivity contribution in [2.24, 2.45) is 0 Å². The van der Waals surface area contributed by atoms with E-state index in [-0.39, 0.29) is 11.7 Å². The van der Waals surface area contributed by atoms with Crippen LogP contribution in [0.3, 0.4) is 0 Å². The van der Waals surface area contributed by atoms with Gasteiger partial charge in [-0.2, -0.15) is 0 Å². The highest BCUT2D eigenvalue weighted by Gasteiger charge is 2.24. The predicted molar refractivity (Wildman–Crippen MR) is 89.2 cm³/mol. The maximum atomic E-state index is 12.1. The minimum Gasteiger partial charge on any atom is -0.508 e. The van der Waals surface area contributed by atoms with Crippen molar-refractivity contribution >= 4 is 16.7 Å². The zero-order valence-corrected chi connectivity index (χ0v) is 13.0. The van der Waals surface area contributed by atoms with Crippen LogP contribution in [0.2, 0.25) is 0 Å². The van der Waals surface area contributed by atoms with Crippen molar-refractivity contribution in [2.45, 2.75) is 25.8 Å². The van der Waals surface area contributed by atoms with Crippen molar-refractivity contribution in [3.63, 3.8) is 0 Å². The number of carbonyl (C=O) groups excluding carboxylic acids is 1. The minimum absolute atomic E-state index is 0.0683. The molecule has 0 bridgehead atoms. The van der Waals surface area contributed by atoms with Crippen LogP contribution < -0.4 is 5.32 Å². The van der Waals surface area contributed by atoms with Crippen molar-refractivity contribution in [3.8, 4) is 5.75 Å². The Bertz CT molecular complexity index is 809. The molecule has 2 aromatic carbocycles. The van der Waals surface area contributed by atoms with E-state index in [2.05, 4.69) is 5.32 Å². The molecule has 0 aliphatic heterocycles. The third-order valence-corrected chi connectivity index (χ3v) is 3.85. The Morgan fingerprint density at radius 3 is 2.74 bits per heavy atom. The lowest BCUT2D eigenvalue weighted by atomic mass is 9.96. The molecule has 1 amide bonds. The van der Waals surface area contributed by atoms with E-state index in [0.29, 0.717) is 17.7 Å². The molecule has 1 aromatic heterocycles. The number of phenols is 1. The van der Waals surface area contributed by atoms with E-state index < -0.39 is 6.04 Å². The summed E-state index contributed by atoms with van der Waals surface area (Å²) >= 11 is 0. The number of hydrogen-bond acceptors (Lipinski definition) is 3. The largest absolute Gasteiger partial charge is 0.508 e. The number of fused-ring (bicyclic) bond motifs is 1. The maximum absolute atomic E-state index is 12.1. The van der Waals surface area contributed by atoms with E-state index in [4.69, 9.17) is 4.42 Å². The van der Waals surface area contributed by atoms with Crippen LogP contribution in [0.25, 0.3) is 10.8 Å². The topological polar surface area (TPSA) is 62.5 Å². The molecule has 0 fully saturated rings. The maximum Gasteiger partial charge on any atom is 0.220 e. The average Bonchev–Trinajstić information content (AvgIpc) is 3.08. The summed E-state index contributed by atoms with van der Waals surface area (Å²) in [5, 5.41) is 15.3. The summed E-state index contributed by atoms with van der Waals surface area (Å²) in [5.74, 6) is 0.671. The molecule has 0 saturated heterocycles. The minimum atomic E-state index is -0.518. The summed E-state index contributed by atoms with van der Waals surface area (Å²) in [6, 6.07) is 14.3. The third-order valence-electron chi connectivity index (χ3n) is 3.85. The van der Waals surface area contributed by atoms with Crippen LogP contribution in [0, 0.1) is 0 Å². The third kappa shape index (κ3) is 3.06.